The molecule has 1 aliphatic heterocycles. The summed E-state index contributed by atoms with van der Waals surface area (Å²) in [7, 11) is 0. The van der Waals surface area contributed by atoms with Crippen LogP contribution in [0.3, 0.4) is 0 Å². The Hall–Kier alpha value is -0.610. The van der Waals surface area contributed by atoms with E-state index in [1.165, 1.54) is 0 Å². The third-order valence-electron chi connectivity index (χ3n) is 2.97. The van der Waals surface area contributed by atoms with Crippen LogP contribution in [0.4, 0.5) is 0 Å². The molecule has 5 heteroatoms. The minimum atomic E-state index is -0.858. The van der Waals surface area contributed by atoms with E-state index in [0.29, 0.717) is 23.1 Å². The van der Waals surface area contributed by atoms with Gasteiger partial charge in [-0.1, -0.05) is 29.3 Å². The highest BCUT2D eigenvalue weighted by molar-refractivity contribution is 6.35. The predicted octanol–water partition coefficient (Wildman–Crippen LogP) is 2.22. The molecule has 92 valence electrons. The Labute approximate surface area is 110 Å². The van der Waals surface area contributed by atoms with Gasteiger partial charge in [0, 0.05) is 23.1 Å². The number of rotatable bonds is 3. The van der Waals surface area contributed by atoms with Crippen LogP contribution in [0.1, 0.15) is 12.0 Å². The zero-order valence-corrected chi connectivity index (χ0v) is 10.7. The van der Waals surface area contributed by atoms with Gasteiger partial charge in [0.25, 0.3) is 0 Å². The Bertz CT molecular complexity index is 442. The van der Waals surface area contributed by atoms with Crippen molar-refractivity contribution in [3.63, 3.8) is 0 Å². The van der Waals surface area contributed by atoms with E-state index in [1.54, 1.807) is 18.2 Å². The van der Waals surface area contributed by atoms with Gasteiger partial charge in [-0.2, -0.15) is 0 Å². The highest BCUT2D eigenvalue weighted by Gasteiger charge is 2.37. The monoisotopic (exact) mass is 273 g/mol. The van der Waals surface area contributed by atoms with Gasteiger partial charge in [-0.3, -0.25) is 4.79 Å². The number of nitrogens with two attached hydrogens (primary N) is 1. The number of hydrogen-bond donors (Lipinski definition) is 1. The SMILES string of the molecule is NC1(C(=O)Cc2ccc(Cl)cc2Cl)CCOC1. The van der Waals surface area contributed by atoms with Gasteiger partial charge in [0.05, 0.1) is 6.61 Å². The second-order valence-electron chi connectivity index (χ2n) is 4.29. The lowest BCUT2D eigenvalue weighted by Crippen LogP contribution is -2.49. The zero-order valence-electron chi connectivity index (χ0n) is 9.21. The first-order valence-electron chi connectivity index (χ1n) is 5.35. The van der Waals surface area contributed by atoms with Crippen molar-refractivity contribution < 1.29 is 9.53 Å². The molecule has 1 aromatic rings. The van der Waals surface area contributed by atoms with E-state index in [0.717, 1.165) is 5.56 Å². The van der Waals surface area contributed by atoms with Crippen molar-refractivity contribution in [3.05, 3.63) is 33.8 Å². The fourth-order valence-corrected chi connectivity index (χ4v) is 2.29. The molecule has 0 aliphatic carbocycles. The summed E-state index contributed by atoms with van der Waals surface area (Å²) in [5, 5.41) is 1.05. The van der Waals surface area contributed by atoms with Gasteiger partial charge in [0.2, 0.25) is 0 Å². The van der Waals surface area contributed by atoms with Crippen molar-refractivity contribution in [1.82, 2.24) is 0 Å². The first kappa shape index (κ1) is 12.8. The molecular formula is C12H13Cl2NO2. The number of carbonyl (C=O) groups excluding carboxylic acids is 1. The van der Waals surface area contributed by atoms with Crippen LogP contribution in [-0.2, 0) is 16.0 Å². The number of carbonyl (C=O) groups is 1. The normalized spacial score (nSPS) is 23.9. The number of Topliss-reactive ketones (excluding diaryl/α,β-unsaturated/α-hetero) is 1. The molecule has 2 N–H and O–H groups in total. The lowest BCUT2D eigenvalue weighted by atomic mass is 9.90. The molecule has 2 rings (SSSR count). The van der Waals surface area contributed by atoms with E-state index in [9.17, 15) is 4.79 Å². The average molecular weight is 274 g/mol. The molecular weight excluding hydrogens is 261 g/mol. The zero-order chi connectivity index (χ0) is 12.5. The molecule has 0 spiro atoms. The van der Waals surface area contributed by atoms with Crippen LogP contribution in [-0.4, -0.2) is 24.5 Å². The Morgan fingerprint density at radius 1 is 1.47 bits per heavy atom. The Morgan fingerprint density at radius 3 is 2.82 bits per heavy atom. The van der Waals surface area contributed by atoms with Crippen LogP contribution in [0.5, 0.6) is 0 Å². The van der Waals surface area contributed by atoms with Crippen molar-refractivity contribution >= 4 is 29.0 Å². The van der Waals surface area contributed by atoms with Gasteiger partial charge >= 0.3 is 0 Å². The average Bonchev–Trinajstić information content (AvgIpc) is 2.71. The van der Waals surface area contributed by atoms with Crippen LogP contribution < -0.4 is 5.73 Å². The summed E-state index contributed by atoms with van der Waals surface area (Å²) in [4.78, 5) is 12.1. The van der Waals surface area contributed by atoms with Crippen LogP contribution >= 0.6 is 23.2 Å². The molecule has 1 aromatic carbocycles. The van der Waals surface area contributed by atoms with E-state index in [4.69, 9.17) is 33.7 Å². The maximum atomic E-state index is 12.1. The Morgan fingerprint density at radius 2 is 2.24 bits per heavy atom. The summed E-state index contributed by atoms with van der Waals surface area (Å²) in [6.07, 6.45) is 0.785. The molecule has 0 bridgehead atoms. The topological polar surface area (TPSA) is 52.3 Å². The summed E-state index contributed by atoms with van der Waals surface area (Å²) < 4.78 is 5.17. The molecule has 0 radical (unpaired) electrons. The van der Waals surface area contributed by atoms with Crippen molar-refractivity contribution in [2.24, 2.45) is 5.73 Å². The standard InChI is InChI=1S/C12H13Cl2NO2/c13-9-2-1-8(10(14)6-9)5-11(16)12(15)3-4-17-7-12/h1-2,6H,3-5,7,15H2. The Balaban J connectivity index is 2.13. The molecule has 1 fully saturated rings. The summed E-state index contributed by atoms with van der Waals surface area (Å²) in [6.45, 7) is 0.827. The first-order chi connectivity index (χ1) is 8.01. The van der Waals surface area contributed by atoms with E-state index >= 15 is 0 Å². The van der Waals surface area contributed by atoms with Crippen molar-refractivity contribution in [1.29, 1.82) is 0 Å². The van der Waals surface area contributed by atoms with Crippen LogP contribution in [0.25, 0.3) is 0 Å². The highest BCUT2D eigenvalue weighted by atomic mass is 35.5. The lowest BCUT2D eigenvalue weighted by molar-refractivity contribution is -0.123. The van der Waals surface area contributed by atoms with Gasteiger partial charge in [0.1, 0.15) is 5.54 Å². The summed E-state index contributed by atoms with van der Waals surface area (Å²) in [5.74, 6) is -0.0424. The maximum absolute atomic E-state index is 12.1. The fourth-order valence-electron chi connectivity index (χ4n) is 1.81. The largest absolute Gasteiger partial charge is 0.379 e. The van der Waals surface area contributed by atoms with E-state index < -0.39 is 5.54 Å². The first-order valence-corrected chi connectivity index (χ1v) is 6.11. The van der Waals surface area contributed by atoms with Gasteiger partial charge < -0.3 is 10.5 Å². The minimum absolute atomic E-state index is 0.0424. The number of hydrogen-bond acceptors (Lipinski definition) is 3. The molecule has 1 unspecified atom stereocenters. The van der Waals surface area contributed by atoms with Crippen LogP contribution in [0.2, 0.25) is 10.0 Å². The summed E-state index contributed by atoms with van der Waals surface area (Å²) in [5.41, 5.74) is 5.88. The fraction of sp³-hybridized carbons (Fsp3) is 0.417. The van der Waals surface area contributed by atoms with Gasteiger partial charge in [-0.05, 0) is 24.1 Å². The third kappa shape index (κ3) is 2.80. The smallest absolute Gasteiger partial charge is 0.159 e. The molecule has 1 saturated heterocycles. The van der Waals surface area contributed by atoms with Gasteiger partial charge in [-0.25, -0.2) is 0 Å². The van der Waals surface area contributed by atoms with E-state index in [-0.39, 0.29) is 18.8 Å². The van der Waals surface area contributed by atoms with Crippen molar-refractivity contribution in [3.8, 4) is 0 Å². The number of benzene rings is 1. The van der Waals surface area contributed by atoms with E-state index in [2.05, 4.69) is 0 Å². The van der Waals surface area contributed by atoms with E-state index in [1.807, 2.05) is 0 Å². The van der Waals surface area contributed by atoms with Crippen LogP contribution in [0.15, 0.2) is 18.2 Å². The molecule has 1 aliphatic rings. The van der Waals surface area contributed by atoms with Crippen molar-refractivity contribution in [2.45, 2.75) is 18.4 Å². The second-order valence-corrected chi connectivity index (χ2v) is 5.14. The molecule has 1 heterocycles. The van der Waals surface area contributed by atoms with Gasteiger partial charge in [-0.15, -0.1) is 0 Å². The van der Waals surface area contributed by atoms with Crippen LogP contribution in [0, 0.1) is 0 Å². The highest BCUT2D eigenvalue weighted by Crippen LogP contribution is 2.24. The number of ketones is 1. The molecule has 3 nitrogen and oxygen atoms in total. The quantitative estimate of drug-likeness (QED) is 0.919. The lowest BCUT2D eigenvalue weighted by Gasteiger charge is -2.20. The number of ether oxygens (including phenoxy) is 1. The maximum Gasteiger partial charge on any atom is 0.159 e. The summed E-state index contributed by atoms with van der Waals surface area (Å²) in [6, 6.07) is 5.09. The predicted molar refractivity (Wildman–Crippen MR) is 67.5 cm³/mol. The molecule has 17 heavy (non-hydrogen) atoms. The van der Waals surface area contributed by atoms with Gasteiger partial charge in [0.15, 0.2) is 5.78 Å². The molecule has 0 amide bonds. The third-order valence-corrected chi connectivity index (χ3v) is 3.56. The Kier molecular flexibility index (Phi) is 3.73. The second kappa shape index (κ2) is 4.94. The molecule has 0 saturated carbocycles. The molecule has 1 atom stereocenters. The molecule has 0 aromatic heterocycles. The van der Waals surface area contributed by atoms with Crippen molar-refractivity contribution in [2.75, 3.05) is 13.2 Å². The summed E-state index contributed by atoms with van der Waals surface area (Å²) >= 11 is 11.8. The number of halogens is 2. The minimum Gasteiger partial charge on any atom is -0.379 e.